The first-order chi connectivity index (χ1) is 13.5. The Morgan fingerprint density at radius 1 is 0.964 bits per heavy atom. The van der Waals surface area contributed by atoms with Gasteiger partial charge in [0.05, 0.1) is 4.90 Å². The molecule has 0 unspecified atom stereocenters. The smallest absolute Gasteiger partial charge is 0.273 e. The summed E-state index contributed by atoms with van der Waals surface area (Å²) in [6.07, 6.45) is 1.49. The van der Waals surface area contributed by atoms with Gasteiger partial charge in [-0.15, -0.1) is 0 Å². The second kappa shape index (κ2) is 7.10. The number of anilines is 1. The minimum Gasteiger partial charge on any atom is -0.321 e. The quantitative estimate of drug-likeness (QED) is 0.546. The molecule has 2 aromatic heterocycles. The minimum atomic E-state index is -4.02. The van der Waals surface area contributed by atoms with Gasteiger partial charge in [-0.3, -0.25) is 4.79 Å². The summed E-state index contributed by atoms with van der Waals surface area (Å²) in [5, 5.41) is 3.77. The highest BCUT2D eigenvalue weighted by atomic mass is 35.5. The summed E-state index contributed by atoms with van der Waals surface area (Å²) in [6.45, 7) is 0. The van der Waals surface area contributed by atoms with E-state index in [2.05, 4.69) is 10.3 Å². The van der Waals surface area contributed by atoms with E-state index in [1.807, 2.05) is 0 Å². The summed E-state index contributed by atoms with van der Waals surface area (Å²) in [7, 11) is -4.02. The Morgan fingerprint density at radius 3 is 2.39 bits per heavy atom. The minimum absolute atomic E-state index is 0.0347. The van der Waals surface area contributed by atoms with Gasteiger partial charge in [-0.05, 0) is 54.6 Å². The zero-order chi connectivity index (χ0) is 19.7. The highest BCUT2D eigenvalue weighted by Gasteiger charge is 2.27. The maximum absolute atomic E-state index is 13.3. The molecule has 0 fully saturated rings. The van der Waals surface area contributed by atoms with E-state index in [1.54, 1.807) is 54.6 Å². The summed E-state index contributed by atoms with van der Waals surface area (Å²) >= 11 is 5.87. The maximum Gasteiger partial charge on any atom is 0.273 e. The van der Waals surface area contributed by atoms with Crippen molar-refractivity contribution in [2.45, 2.75) is 4.90 Å². The highest BCUT2D eigenvalue weighted by Crippen LogP contribution is 2.25. The molecule has 0 atom stereocenters. The molecule has 0 aliphatic carbocycles. The van der Waals surface area contributed by atoms with Gasteiger partial charge in [0, 0.05) is 22.3 Å². The molecule has 4 aromatic rings. The fourth-order valence-electron chi connectivity index (χ4n) is 2.84. The van der Waals surface area contributed by atoms with Gasteiger partial charge in [-0.1, -0.05) is 29.8 Å². The zero-order valence-electron chi connectivity index (χ0n) is 14.4. The van der Waals surface area contributed by atoms with E-state index < -0.39 is 15.9 Å². The van der Waals surface area contributed by atoms with Crippen molar-refractivity contribution >= 4 is 44.3 Å². The van der Waals surface area contributed by atoms with E-state index in [9.17, 15) is 13.2 Å². The van der Waals surface area contributed by atoms with Gasteiger partial charge < -0.3 is 5.32 Å². The summed E-state index contributed by atoms with van der Waals surface area (Å²) in [5.41, 5.74) is 0.649. The Hall–Kier alpha value is -3.16. The van der Waals surface area contributed by atoms with Crippen molar-refractivity contribution in [1.82, 2.24) is 8.96 Å². The molecule has 0 spiro atoms. The topological polar surface area (TPSA) is 81.1 Å². The van der Waals surface area contributed by atoms with E-state index in [1.165, 1.54) is 24.4 Å². The van der Waals surface area contributed by atoms with E-state index in [0.29, 0.717) is 16.1 Å². The Morgan fingerprint density at radius 2 is 1.68 bits per heavy atom. The van der Waals surface area contributed by atoms with Crippen molar-refractivity contribution in [3.63, 3.8) is 0 Å². The zero-order valence-corrected chi connectivity index (χ0v) is 16.0. The Bertz CT molecular complexity index is 1270. The lowest BCUT2D eigenvalue weighted by atomic mass is 10.3. The van der Waals surface area contributed by atoms with Crippen LogP contribution >= 0.6 is 11.6 Å². The molecular formula is C20H14ClN3O3S. The molecule has 0 saturated carbocycles. The summed E-state index contributed by atoms with van der Waals surface area (Å²) in [4.78, 5) is 17.2. The van der Waals surface area contributed by atoms with Crippen LogP contribution in [0.5, 0.6) is 0 Å². The monoisotopic (exact) mass is 411 g/mol. The molecule has 28 heavy (non-hydrogen) atoms. The fraction of sp³-hybridized carbons (Fsp3) is 0. The lowest BCUT2D eigenvalue weighted by molar-refractivity contribution is 0.102. The van der Waals surface area contributed by atoms with Crippen molar-refractivity contribution in [3.05, 3.63) is 89.7 Å². The summed E-state index contributed by atoms with van der Waals surface area (Å²) in [6, 6.07) is 19.4. The number of pyridine rings is 1. The number of benzene rings is 2. The summed E-state index contributed by atoms with van der Waals surface area (Å²) in [5.74, 6) is -0.570. The molecule has 2 heterocycles. The molecule has 0 saturated heterocycles. The third kappa shape index (κ3) is 3.26. The standard InChI is InChI=1S/C20H14ClN3O3S/c21-15-8-10-16(11-9-15)23-20(25)18-13-14-5-4-12-22-19(14)24(18)28(26,27)17-6-2-1-3-7-17/h1-13H,(H,23,25). The number of halogens is 1. The van der Waals surface area contributed by atoms with Crippen LogP contribution in [0.25, 0.3) is 11.0 Å². The first-order valence-corrected chi connectivity index (χ1v) is 10.1. The third-order valence-corrected chi connectivity index (χ3v) is 6.11. The van der Waals surface area contributed by atoms with Crippen LogP contribution in [0, 0.1) is 0 Å². The highest BCUT2D eigenvalue weighted by molar-refractivity contribution is 7.90. The normalized spacial score (nSPS) is 11.5. The van der Waals surface area contributed by atoms with E-state index >= 15 is 0 Å². The van der Waals surface area contributed by atoms with Crippen molar-refractivity contribution in [2.75, 3.05) is 5.32 Å². The van der Waals surface area contributed by atoms with Crippen LogP contribution < -0.4 is 5.32 Å². The molecule has 140 valence electrons. The number of amides is 1. The SMILES string of the molecule is O=C(Nc1ccc(Cl)cc1)c1cc2cccnc2n1S(=O)(=O)c1ccccc1. The van der Waals surface area contributed by atoms with Crippen molar-refractivity contribution in [2.24, 2.45) is 0 Å². The number of carbonyl (C=O) groups is 1. The van der Waals surface area contributed by atoms with Gasteiger partial charge >= 0.3 is 0 Å². The average Bonchev–Trinajstić information content (AvgIpc) is 3.11. The van der Waals surface area contributed by atoms with Gasteiger partial charge in [0.15, 0.2) is 5.65 Å². The van der Waals surface area contributed by atoms with Crippen molar-refractivity contribution in [3.8, 4) is 0 Å². The predicted molar refractivity (Wildman–Crippen MR) is 108 cm³/mol. The number of hydrogen-bond donors (Lipinski definition) is 1. The van der Waals surface area contributed by atoms with Gasteiger partial charge in [0.25, 0.3) is 15.9 Å². The average molecular weight is 412 g/mol. The Labute approximate surface area is 166 Å². The van der Waals surface area contributed by atoms with E-state index in [4.69, 9.17) is 11.6 Å². The molecule has 6 nitrogen and oxygen atoms in total. The van der Waals surface area contributed by atoms with Crippen LogP contribution in [0.15, 0.2) is 83.9 Å². The van der Waals surface area contributed by atoms with E-state index in [0.717, 1.165) is 3.97 Å². The molecule has 0 aliphatic rings. The van der Waals surface area contributed by atoms with Crippen LogP contribution in [0.4, 0.5) is 5.69 Å². The van der Waals surface area contributed by atoms with Crippen molar-refractivity contribution in [1.29, 1.82) is 0 Å². The Kier molecular flexibility index (Phi) is 4.62. The van der Waals surface area contributed by atoms with Gasteiger partial charge in [-0.2, -0.15) is 0 Å². The number of hydrogen-bond acceptors (Lipinski definition) is 4. The number of carbonyl (C=O) groups excluding carboxylic acids is 1. The second-order valence-corrected chi connectivity index (χ2v) is 8.21. The molecule has 8 heteroatoms. The third-order valence-electron chi connectivity index (χ3n) is 4.14. The second-order valence-electron chi connectivity index (χ2n) is 5.99. The van der Waals surface area contributed by atoms with E-state index in [-0.39, 0.29) is 16.2 Å². The van der Waals surface area contributed by atoms with Crippen LogP contribution in [-0.4, -0.2) is 23.3 Å². The summed E-state index contributed by atoms with van der Waals surface area (Å²) < 4.78 is 27.5. The molecule has 0 radical (unpaired) electrons. The maximum atomic E-state index is 13.3. The number of nitrogens with one attached hydrogen (secondary N) is 1. The first-order valence-electron chi connectivity index (χ1n) is 8.31. The number of rotatable bonds is 4. The number of aromatic nitrogens is 2. The molecule has 1 amide bonds. The van der Waals surface area contributed by atoms with Crippen LogP contribution in [0.1, 0.15) is 10.5 Å². The first kappa shape index (κ1) is 18.2. The Balaban J connectivity index is 1.86. The lowest BCUT2D eigenvalue weighted by Crippen LogP contribution is -2.22. The van der Waals surface area contributed by atoms with Crippen molar-refractivity contribution < 1.29 is 13.2 Å². The van der Waals surface area contributed by atoms with Gasteiger partial charge in [0.1, 0.15) is 5.69 Å². The fourth-order valence-corrected chi connectivity index (χ4v) is 4.45. The number of nitrogens with zero attached hydrogens (tertiary/aromatic N) is 2. The molecule has 1 N–H and O–H groups in total. The van der Waals surface area contributed by atoms with Gasteiger partial charge in [-0.25, -0.2) is 17.4 Å². The molecule has 2 aromatic carbocycles. The van der Waals surface area contributed by atoms with Gasteiger partial charge in [0.2, 0.25) is 0 Å². The predicted octanol–water partition coefficient (Wildman–Crippen LogP) is 4.18. The lowest BCUT2D eigenvalue weighted by Gasteiger charge is -2.11. The van der Waals surface area contributed by atoms with Crippen LogP contribution in [0.2, 0.25) is 5.02 Å². The molecular weight excluding hydrogens is 398 g/mol. The van der Waals surface area contributed by atoms with Crippen LogP contribution in [0.3, 0.4) is 0 Å². The number of fused-ring (bicyclic) bond motifs is 1. The molecule has 0 bridgehead atoms. The molecule has 0 aliphatic heterocycles. The molecule has 4 rings (SSSR count). The van der Waals surface area contributed by atoms with Crippen LogP contribution in [-0.2, 0) is 10.0 Å². The largest absolute Gasteiger partial charge is 0.321 e.